The van der Waals surface area contributed by atoms with Gasteiger partial charge in [-0.2, -0.15) is 0 Å². The Labute approximate surface area is 78.3 Å². The maximum Gasteiger partial charge on any atom is 0.119 e. The number of rotatable bonds is 5. The third-order valence-corrected chi connectivity index (χ3v) is 1.50. The quantitative estimate of drug-likeness (QED) is 0.521. The summed E-state index contributed by atoms with van der Waals surface area (Å²) in [5, 5.41) is 2.37. The Hall–Kier alpha value is -0.500. The predicted octanol–water partition coefficient (Wildman–Crippen LogP) is 2.98. The van der Waals surface area contributed by atoms with E-state index in [4.69, 9.17) is 11.6 Å². The number of hydrogen-bond donors (Lipinski definition) is 1. The monoisotopic (exact) mass is 191 g/mol. The summed E-state index contributed by atoms with van der Waals surface area (Å²) in [5.74, 6) is -0.356. The highest BCUT2D eigenvalue weighted by Crippen LogP contribution is 2.11. The highest BCUT2D eigenvalue weighted by atomic mass is 35.5. The van der Waals surface area contributed by atoms with E-state index in [-0.39, 0.29) is 5.83 Å². The van der Waals surface area contributed by atoms with Gasteiger partial charge in [-0.05, 0) is 19.4 Å². The van der Waals surface area contributed by atoms with Crippen LogP contribution in [0.5, 0.6) is 0 Å². The molecule has 0 aliphatic carbocycles. The molecule has 0 aromatic heterocycles. The van der Waals surface area contributed by atoms with Crippen molar-refractivity contribution in [2.24, 2.45) is 0 Å². The maximum absolute atomic E-state index is 12.8. The largest absolute Gasteiger partial charge is 0.385 e. The summed E-state index contributed by atoms with van der Waals surface area (Å²) >= 11 is 5.49. The normalized spacial score (nSPS) is 14.2. The van der Waals surface area contributed by atoms with Crippen molar-refractivity contribution in [3.8, 4) is 0 Å². The highest BCUT2D eigenvalue weighted by Gasteiger charge is 2.02. The van der Waals surface area contributed by atoms with Gasteiger partial charge in [0.1, 0.15) is 5.83 Å². The van der Waals surface area contributed by atoms with Crippen molar-refractivity contribution in [3.05, 3.63) is 24.2 Å². The molecule has 0 bridgehead atoms. The molecule has 0 amide bonds. The number of allylic oxidation sites excluding steroid dienone is 2. The van der Waals surface area contributed by atoms with Crippen molar-refractivity contribution in [2.75, 3.05) is 6.54 Å². The van der Waals surface area contributed by atoms with Crippen LogP contribution >= 0.6 is 11.6 Å². The molecular weight excluding hydrogens is 177 g/mol. The summed E-state index contributed by atoms with van der Waals surface area (Å²) < 4.78 is 12.8. The molecule has 1 atom stereocenters. The summed E-state index contributed by atoms with van der Waals surface area (Å²) in [6, 6.07) is 0. The average molecular weight is 192 g/mol. The molecule has 12 heavy (non-hydrogen) atoms. The Morgan fingerprint density at radius 2 is 2.33 bits per heavy atom. The zero-order valence-corrected chi connectivity index (χ0v) is 8.29. The first-order chi connectivity index (χ1) is 5.57. The number of halogens is 2. The summed E-state index contributed by atoms with van der Waals surface area (Å²) in [7, 11) is 0. The van der Waals surface area contributed by atoms with E-state index in [1.807, 2.05) is 6.92 Å². The number of nitrogens with one attached hydrogen (secondary N) is 1. The molecule has 0 aliphatic rings. The second-order valence-electron chi connectivity index (χ2n) is 2.60. The van der Waals surface area contributed by atoms with E-state index in [0.717, 1.165) is 13.0 Å². The van der Waals surface area contributed by atoms with Crippen molar-refractivity contribution in [1.29, 1.82) is 0 Å². The van der Waals surface area contributed by atoms with Crippen molar-refractivity contribution in [1.82, 2.24) is 5.32 Å². The van der Waals surface area contributed by atoms with E-state index >= 15 is 0 Å². The third-order valence-electron chi connectivity index (χ3n) is 1.29. The fraction of sp³-hybridized carbons (Fsp3) is 0.556. The van der Waals surface area contributed by atoms with E-state index in [1.165, 1.54) is 6.08 Å². The van der Waals surface area contributed by atoms with Crippen LogP contribution in [-0.4, -0.2) is 11.9 Å². The molecule has 0 saturated heterocycles. The third kappa shape index (κ3) is 5.19. The van der Waals surface area contributed by atoms with Crippen molar-refractivity contribution < 1.29 is 4.39 Å². The fourth-order valence-corrected chi connectivity index (χ4v) is 0.681. The van der Waals surface area contributed by atoms with Gasteiger partial charge in [0, 0.05) is 12.2 Å². The van der Waals surface area contributed by atoms with Crippen LogP contribution in [0.1, 0.15) is 20.3 Å². The van der Waals surface area contributed by atoms with Gasteiger partial charge in [-0.3, -0.25) is 0 Å². The summed E-state index contributed by atoms with van der Waals surface area (Å²) in [6.07, 6.45) is 2.32. The molecule has 0 rings (SSSR count). The lowest BCUT2D eigenvalue weighted by molar-refractivity contribution is 0.604. The van der Waals surface area contributed by atoms with Crippen LogP contribution in [0.4, 0.5) is 4.39 Å². The van der Waals surface area contributed by atoms with Gasteiger partial charge in [0.2, 0.25) is 0 Å². The lowest BCUT2D eigenvalue weighted by Gasteiger charge is -2.04. The molecule has 0 fully saturated rings. The van der Waals surface area contributed by atoms with Crippen molar-refractivity contribution >= 4 is 11.6 Å². The van der Waals surface area contributed by atoms with Gasteiger partial charge in [0.15, 0.2) is 0 Å². The Morgan fingerprint density at radius 3 is 2.75 bits per heavy atom. The van der Waals surface area contributed by atoms with E-state index in [0.29, 0.717) is 5.70 Å². The molecule has 1 N–H and O–H groups in total. The average Bonchev–Trinajstić information content (AvgIpc) is 2.00. The van der Waals surface area contributed by atoms with Gasteiger partial charge in [0.05, 0.1) is 5.38 Å². The first-order valence-corrected chi connectivity index (χ1v) is 4.45. The SMILES string of the molecule is C=C(/C=C(/F)C(C)Cl)NCCC. The van der Waals surface area contributed by atoms with Crippen LogP contribution in [0.2, 0.25) is 0 Å². The van der Waals surface area contributed by atoms with E-state index in [2.05, 4.69) is 11.9 Å². The standard InChI is InChI=1S/C9H15ClFN/c1-4-5-12-7(2)6-9(11)8(3)10/h6,8,12H,2,4-5H2,1,3H3/b9-6+. The van der Waals surface area contributed by atoms with Gasteiger partial charge >= 0.3 is 0 Å². The predicted molar refractivity (Wildman–Crippen MR) is 51.9 cm³/mol. The summed E-state index contributed by atoms with van der Waals surface area (Å²) in [4.78, 5) is 0. The van der Waals surface area contributed by atoms with Gasteiger partial charge in [0.25, 0.3) is 0 Å². The van der Waals surface area contributed by atoms with Gasteiger partial charge in [-0.25, -0.2) is 4.39 Å². The van der Waals surface area contributed by atoms with Gasteiger partial charge in [-0.15, -0.1) is 11.6 Å². The summed E-state index contributed by atoms with van der Waals surface area (Å²) in [6.45, 7) is 8.05. The zero-order chi connectivity index (χ0) is 9.56. The molecule has 0 saturated carbocycles. The molecule has 1 nitrogen and oxygen atoms in total. The highest BCUT2D eigenvalue weighted by molar-refractivity contribution is 6.21. The van der Waals surface area contributed by atoms with Gasteiger partial charge < -0.3 is 5.32 Å². The lowest BCUT2D eigenvalue weighted by Crippen LogP contribution is -2.12. The van der Waals surface area contributed by atoms with Gasteiger partial charge in [-0.1, -0.05) is 13.5 Å². The topological polar surface area (TPSA) is 12.0 Å². The Balaban J connectivity index is 3.88. The maximum atomic E-state index is 12.8. The van der Waals surface area contributed by atoms with E-state index in [9.17, 15) is 4.39 Å². The van der Waals surface area contributed by atoms with Crippen LogP contribution in [0.25, 0.3) is 0 Å². The van der Waals surface area contributed by atoms with E-state index < -0.39 is 5.38 Å². The van der Waals surface area contributed by atoms with Crippen LogP contribution in [0.3, 0.4) is 0 Å². The van der Waals surface area contributed by atoms with Crippen LogP contribution in [0, 0.1) is 0 Å². The lowest BCUT2D eigenvalue weighted by atomic mass is 10.3. The molecule has 70 valence electrons. The molecule has 0 radical (unpaired) electrons. The van der Waals surface area contributed by atoms with Crippen LogP contribution in [0.15, 0.2) is 24.2 Å². The van der Waals surface area contributed by atoms with Crippen LogP contribution < -0.4 is 5.32 Å². The Kier molecular flexibility index (Phi) is 5.81. The number of hydrogen-bond acceptors (Lipinski definition) is 1. The van der Waals surface area contributed by atoms with Crippen molar-refractivity contribution in [3.63, 3.8) is 0 Å². The molecule has 0 aromatic carbocycles. The first-order valence-electron chi connectivity index (χ1n) is 4.01. The molecule has 0 aromatic rings. The summed E-state index contributed by atoms with van der Waals surface area (Å²) in [5.41, 5.74) is 0.571. The molecular formula is C9H15ClFN. The van der Waals surface area contributed by atoms with Crippen LogP contribution in [-0.2, 0) is 0 Å². The second-order valence-corrected chi connectivity index (χ2v) is 3.25. The molecule has 0 spiro atoms. The molecule has 3 heteroatoms. The smallest absolute Gasteiger partial charge is 0.119 e. The minimum absolute atomic E-state index is 0.356. The fourth-order valence-electron chi connectivity index (χ4n) is 0.618. The molecule has 0 aliphatic heterocycles. The van der Waals surface area contributed by atoms with E-state index in [1.54, 1.807) is 6.92 Å². The molecule has 1 unspecified atom stereocenters. The second kappa shape index (κ2) is 6.06. The molecule has 0 heterocycles. The zero-order valence-electron chi connectivity index (χ0n) is 7.53. The minimum Gasteiger partial charge on any atom is -0.385 e. The van der Waals surface area contributed by atoms with Crippen molar-refractivity contribution in [2.45, 2.75) is 25.6 Å². The minimum atomic E-state index is -0.579. The number of alkyl halides is 1. The Bertz CT molecular complexity index is 175. The first kappa shape index (κ1) is 11.5. The Morgan fingerprint density at radius 1 is 1.75 bits per heavy atom.